The number of nitrogens with two attached hydrogens (primary N) is 1. The minimum absolute atomic E-state index is 0.0928. The number of hydrogen-bond donors (Lipinski definition) is 2. The summed E-state index contributed by atoms with van der Waals surface area (Å²) in [5.74, 6) is 0.618. The molecule has 3 nitrogen and oxygen atoms in total. The summed E-state index contributed by atoms with van der Waals surface area (Å²) in [6.07, 6.45) is 3.16. The Morgan fingerprint density at radius 3 is 3.12 bits per heavy atom. The molecule has 3 N–H and O–H groups in total. The van der Waals surface area contributed by atoms with Crippen LogP contribution >= 0.6 is 11.8 Å². The average Bonchev–Trinajstić information content (AvgIpc) is 2.28. The van der Waals surface area contributed by atoms with Gasteiger partial charge in [-0.3, -0.25) is 4.79 Å². The van der Waals surface area contributed by atoms with Crippen LogP contribution in [0.25, 0.3) is 0 Å². The van der Waals surface area contributed by atoms with E-state index in [0.29, 0.717) is 5.75 Å². The lowest BCUT2D eigenvalue weighted by atomic mass is 10.1. The highest BCUT2D eigenvalue weighted by Crippen LogP contribution is 2.32. The molecule has 0 saturated carbocycles. The summed E-state index contributed by atoms with van der Waals surface area (Å²) >= 11 is 1.60. The van der Waals surface area contributed by atoms with Crippen molar-refractivity contribution in [3.63, 3.8) is 0 Å². The first kappa shape index (κ1) is 12.5. The molecule has 1 amide bonds. The van der Waals surface area contributed by atoms with Crippen molar-refractivity contribution >= 4 is 23.4 Å². The van der Waals surface area contributed by atoms with Gasteiger partial charge in [0, 0.05) is 10.9 Å². The van der Waals surface area contributed by atoms with E-state index in [1.54, 1.807) is 11.8 Å². The molecule has 0 radical (unpaired) electrons. The Hall–Kier alpha value is -1.000. The first-order valence-corrected chi connectivity index (χ1v) is 6.95. The Kier molecular flexibility index (Phi) is 4.07. The second kappa shape index (κ2) is 5.56. The number of hydrogen-bond acceptors (Lipinski definition) is 3. The smallest absolute Gasteiger partial charge is 0.234 e. The molecule has 0 saturated heterocycles. The standard InChI is InChI=1S/C13H18N2OS/c1-9(14)3-2-4-10-5-6-12-11(7-10)15-13(16)8-17-12/h5-7,9H,2-4,8,14H2,1H3,(H,15,16). The largest absolute Gasteiger partial charge is 0.328 e. The number of rotatable bonds is 4. The van der Waals surface area contributed by atoms with Crippen molar-refractivity contribution in [3.8, 4) is 0 Å². The monoisotopic (exact) mass is 250 g/mol. The van der Waals surface area contributed by atoms with E-state index in [4.69, 9.17) is 5.73 Å². The highest BCUT2D eigenvalue weighted by atomic mass is 32.2. The molecule has 1 atom stereocenters. The highest BCUT2D eigenvalue weighted by Gasteiger charge is 2.15. The second-order valence-electron chi connectivity index (χ2n) is 4.54. The zero-order valence-corrected chi connectivity index (χ0v) is 10.8. The van der Waals surface area contributed by atoms with E-state index >= 15 is 0 Å². The molecule has 0 aromatic heterocycles. The quantitative estimate of drug-likeness (QED) is 0.862. The first-order chi connectivity index (χ1) is 8.15. The Morgan fingerprint density at radius 2 is 2.35 bits per heavy atom. The molecule has 1 aliphatic rings. The number of benzene rings is 1. The van der Waals surface area contributed by atoms with Gasteiger partial charge in [0.1, 0.15) is 0 Å². The van der Waals surface area contributed by atoms with Crippen molar-refractivity contribution in [1.82, 2.24) is 0 Å². The topological polar surface area (TPSA) is 55.1 Å². The zero-order chi connectivity index (χ0) is 12.3. The Labute approximate surface area is 106 Å². The van der Waals surface area contributed by atoms with Crippen LogP contribution in [0, 0.1) is 0 Å². The Bertz CT molecular complexity index is 418. The summed E-state index contributed by atoms with van der Waals surface area (Å²) in [4.78, 5) is 12.5. The van der Waals surface area contributed by atoms with E-state index in [1.165, 1.54) is 10.5 Å². The molecule has 0 aliphatic carbocycles. The summed E-state index contributed by atoms with van der Waals surface area (Å²) in [7, 11) is 0. The number of thioether (sulfide) groups is 1. The summed E-state index contributed by atoms with van der Waals surface area (Å²) in [6, 6.07) is 6.59. The van der Waals surface area contributed by atoms with Gasteiger partial charge in [-0.25, -0.2) is 0 Å². The van der Waals surface area contributed by atoms with Crippen molar-refractivity contribution in [2.24, 2.45) is 5.73 Å². The minimum atomic E-state index is 0.0928. The van der Waals surface area contributed by atoms with Crippen LogP contribution in [0.2, 0.25) is 0 Å². The molecule has 17 heavy (non-hydrogen) atoms. The number of amides is 1. The lowest BCUT2D eigenvalue weighted by Gasteiger charge is -2.17. The molecule has 2 rings (SSSR count). The van der Waals surface area contributed by atoms with Crippen molar-refractivity contribution in [3.05, 3.63) is 23.8 Å². The van der Waals surface area contributed by atoms with Crippen molar-refractivity contribution in [1.29, 1.82) is 0 Å². The molecular formula is C13H18N2OS. The van der Waals surface area contributed by atoms with Crippen molar-refractivity contribution < 1.29 is 4.79 Å². The molecule has 1 aromatic rings. The summed E-state index contributed by atoms with van der Waals surface area (Å²) < 4.78 is 0. The van der Waals surface area contributed by atoms with Crippen LogP contribution < -0.4 is 11.1 Å². The maximum Gasteiger partial charge on any atom is 0.234 e. The average molecular weight is 250 g/mol. The molecule has 92 valence electrons. The van der Waals surface area contributed by atoms with Gasteiger partial charge in [-0.05, 0) is 43.9 Å². The molecule has 0 spiro atoms. The number of anilines is 1. The number of nitrogens with one attached hydrogen (secondary N) is 1. The molecule has 0 fully saturated rings. The first-order valence-electron chi connectivity index (χ1n) is 5.96. The van der Waals surface area contributed by atoms with E-state index in [2.05, 4.69) is 23.5 Å². The van der Waals surface area contributed by atoms with E-state index < -0.39 is 0 Å². The zero-order valence-electron chi connectivity index (χ0n) is 10.0. The van der Waals surface area contributed by atoms with Gasteiger partial charge in [0.25, 0.3) is 0 Å². The van der Waals surface area contributed by atoms with Gasteiger partial charge < -0.3 is 11.1 Å². The second-order valence-corrected chi connectivity index (χ2v) is 5.55. The maximum absolute atomic E-state index is 11.3. The SMILES string of the molecule is CC(N)CCCc1ccc2c(c1)NC(=O)CS2. The summed E-state index contributed by atoms with van der Waals surface area (Å²) in [5.41, 5.74) is 7.96. The van der Waals surface area contributed by atoms with Crippen LogP contribution in [0.3, 0.4) is 0 Å². The molecule has 1 aliphatic heterocycles. The predicted octanol–water partition coefficient (Wildman–Crippen LogP) is 2.40. The number of aryl methyl sites for hydroxylation is 1. The fraction of sp³-hybridized carbons (Fsp3) is 0.462. The van der Waals surface area contributed by atoms with Crippen LogP contribution in [-0.2, 0) is 11.2 Å². The number of fused-ring (bicyclic) bond motifs is 1. The molecule has 4 heteroatoms. The van der Waals surface area contributed by atoms with Gasteiger partial charge in [-0.2, -0.15) is 0 Å². The number of carbonyl (C=O) groups is 1. The summed E-state index contributed by atoms with van der Waals surface area (Å²) in [5, 5.41) is 2.91. The maximum atomic E-state index is 11.3. The molecule has 1 heterocycles. The lowest BCUT2D eigenvalue weighted by molar-refractivity contribution is -0.113. The van der Waals surface area contributed by atoms with Crippen LogP contribution in [0.15, 0.2) is 23.1 Å². The van der Waals surface area contributed by atoms with Gasteiger partial charge in [-0.15, -0.1) is 11.8 Å². The third-order valence-electron chi connectivity index (χ3n) is 2.80. The fourth-order valence-corrected chi connectivity index (χ4v) is 2.70. The van der Waals surface area contributed by atoms with Crippen LogP contribution in [-0.4, -0.2) is 17.7 Å². The van der Waals surface area contributed by atoms with Crippen LogP contribution in [0.5, 0.6) is 0 Å². The summed E-state index contributed by atoms with van der Waals surface area (Å²) in [6.45, 7) is 2.03. The Balaban J connectivity index is 2.00. The fourth-order valence-electron chi connectivity index (χ4n) is 1.91. The Morgan fingerprint density at radius 1 is 1.53 bits per heavy atom. The van der Waals surface area contributed by atoms with Crippen LogP contribution in [0.1, 0.15) is 25.3 Å². The third-order valence-corrected chi connectivity index (χ3v) is 3.88. The van der Waals surface area contributed by atoms with Gasteiger partial charge in [-0.1, -0.05) is 6.07 Å². The predicted molar refractivity (Wildman–Crippen MR) is 72.4 cm³/mol. The molecule has 1 unspecified atom stereocenters. The van der Waals surface area contributed by atoms with E-state index in [-0.39, 0.29) is 11.9 Å². The van der Waals surface area contributed by atoms with Gasteiger partial charge >= 0.3 is 0 Å². The van der Waals surface area contributed by atoms with Gasteiger partial charge in [0.15, 0.2) is 0 Å². The molecular weight excluding hydrogens is 232 g/mol. The third kappa shape index (κ3) is 3.48. The highest BCUT2D eigenvalue weighted by molar-refractivity contribution is 8.00. The normalized spacial score (nSPS) is 16.2. The van der Waals surface area contributed by atoms with E-state index in [9.17, 15) is 4.79 Å². The van der Waals surface area contributed by atoms with E-state index in [1.807, 2.05) is 6.92 Å². The number of carbonyl (C=O) groups excluding carboxylic acids is 1. The van der Waals surface area contributed by atoms with Gasteiger partial charge in [0.05, 0.1) is 11.4 Å². The van der Waals surface area contributed by atoms with Crippen molar-refractivity contribution in [2.75, 3.05) is 11.1 Å². The molecule has 1 aromatic carbocycles. The van der Waals surface area contributed by atoms with Crippen LogP contribution in [0.4, 0.5) is 5.69 Å². The molecule has 0 bridgehead atoms. The lowest BCUT2D eigenvalue weighted by Crippen LogP contribution is -2.18. The van der Waals surface area contributed by atoms with Crippen molar-refractivity contribution in [2.45, 2.75) is 37.1 Å². The van der Waals surface area contributed by atoms with E-state index in [0.717, 1.165) is 24.9 Å². The minimum Gasteiger partial charge on any atom is -0.328 e. The van der Waals surface area contributed by atoms with Gasteiger partial charge in [0.2, 0.25) is 5.91 Å².